The molecule has 0 aliphatic carbocycles. The lowest BCUT2D eigenvalue weighted by Gasteiger charge is -2.35. The topological polar surface area (TPSA) is 132 Å². The second-order valence-corrected chi connectivity index (χ2v) is 12.9. The Hall–Kier alpha value is -4.97. The van der Waals surface area contributed by atoms with Crippen molar-refractivity contribution in [2.75, 3.05) is 51.5 Å². The predicted molar refractivity (Wildman–Crippen MR) is 180 cm³/mol. The zero-order valence-corrected chi connectivity index (χ0v) is 27.2. The molecule has 0 radical (unpaired) electrons. The van der Waals surface area contributed by atoms with E-state index in [1.54, 1.807) is 11.0 Å². The normalized spacial score (nSPS) is 17.7. The highest BCUT2D eigenvalue weighted by molar-refractivity contribution is 5.98. The molecule has 47 heavy (non-hydrogen) atoms. The lowest BCUT2D eigenvalue weighted by Crippen LogP contribution is -2.50. The molecule has 2 saturated heterocycles. The Labute approximate surface area is 274 Å². The van der Waals surface area contributed by atoms with Crippen LogP contribution in [0.4, 0.5) is 10.6 Å². The minimum absolute atomic E-state index is 0.0260. The lowest BCUT2D eigenvalue weighted by atomic mass is 10.1. The Morgan fingerprint density at radius 1 is 0.936 bits per heavy atom. The third kappa shape index (κ3) is 7.71. The number of nitrogens with two attached hydrogens (primary N) is 1. The standard InChI is InChI=1S/C35H42N8O4/c1-35(2,3)47-34(45)41-21-19-40(20-22-41)17-8-12-29(44)42-18-7-9-26(23-42)43-33-30(32(36)37-24-38-33)31(39-43)25-13-15-28(16-14-25)46-27-10-5-4-6-11-27/h4-6,8,10-16,24,26H,7,9,17-23H2,1-3H3,(H2,36,37,38)/b12-8+/t26-/m1/s1. The number of hydrogen-bond donors (Lipinski definition) is 1. The van der Waals surface area contributed by atoms with Gasteiger partial charge in [0.2, 0.25) is 5.91 Å². The van der Waals surface area contributed by atoms with E-state index in [2.05, 4.69) is 14.9 Å². The van der Waals surface area contributed by atoms with Gasteiger partial charge in [-0.25, -0.2) is 19.4 Å². The van der Waals surface area contributed by atoms with Gasteiger partial charge in [0.1, 0.15) is 34.9 Å². The third-order valence-electron chi connectivity index (χ3n) is 8.33. The summed E-state index contributed by atoms with van der Waals surface area (Å²) in [6.45, 7) is 10.1. The predicted octanol–water partition coefficient (Wildman–Crippen LogP) is 5.14. The van der Waals surface area contributed by atoms with Gasteiger partial charge in [0.05, 0.1) is 11.4 Å². The number of nitrogens with zero attached hydrogens (tertiary/aromatic N) is 7. The molecule has 12 heteroatoms. The van der Waals surface area contributed by atoms with E-state index in [1.807, 2.05) is 91.0 Å². The number of para-hydroxylation sites is 1. The smallest absolute Gasteiger partial charge is 0.410 e. The maximum Gasteiger partial charge on any atom is 0.410 e. The van der Waals surface area contributed by atoms with Gasteiger partial charge in [0, 0.05) is 57.5 Å². The Kier molecular flexibility index (Phi) is 9.39. The summed E-state index contributed by atoms with van der Waals surface area (Å²) in [5.41, 5.74) is 8.08. The van der Waals surface area contributed by atoms with Crippen molar-refractivity contribution in [3.63, 3.8) is 0 Å². The van der Waals surface area contributed by atoms with Gasteiger partial charge >= 0.3 is 6.09 Å². The van der Waals surface area contributed by atoms with E-state index in [4.69, 9.17) is 20.3 Å². The summed E-state index contributed by atoms with van der Waals surface area (Å²) in [6, 6.07) is 17.3. The molecule has 0 bridgehead atoms. The quantitative estimate of drug-likeness (QED) is 0.273. The molecular weight excluding hydrogens is 596 g/mol. The van der Waals surface area contributed by atoms with E-state index >= 15 is 0 Å². The van der Waals surface area contributed by atoms with Crippen LogP contribution in [0.5, 0.6) is 11.5 Å². The van der Waals surface area contributed by atoms with Gasteiger partial charge in [0.15, 0.2) is 5.65 Å². The molecule has 1 atom stereocenters. The minimum atomic E-state index is -0.510. The average molecular weight is 639 g/mol. The summed E-state index contributed by atoms with van der Waals surface area (Å²) >= 11 is 0. The zero-order valence-electron chi connectivity index (χ0n) is 27.2. The number of carbonyl (C=O) groups is 2. The molecular formula is C35H42N8O4. The van der Waals surface area contributed by atoms with Gasteiger partial charge in [-0.15, -0.1) is 0 Å². The van der Waals surface area contributed by atoms with Crippen molar-refractivity contribution in [3.8, 4) is 22.8 Å². The fourth-order valence-electron chi connectivity index (χ4n) is 5.96. The first-order valence-corrected chi connectivity index (χ1v) is 16.1. The number of aromatic nitrogens is 4. The number of hydrogen-bond acceptors (Lipinski definition) is 9. The number of carbonyl (C=O) groups excluding carboxylic acids is 2. The van der Waals surface area contributed by atoms with E-state index in [0.29, 0.717) is 61.0 Å². The van der Waals surface area contributed by atoms with Gasteiger partial charge in [-0.1, -0.05) is 24.3 Å². The second kappa shape index (κ2) is 13.8. The zero-order chi connectivity index (χ0) is 33.0. The lowest BCUT2D eigenvalue weighted by molar-refractivity contribution is -0.127. The second-order valence-electron chi connectivity index (χ2n) is 12.9. The highest BCUT2D eigenvalue weighted by Crippen LogP contribution is 2.35. The summed E-state index contributed by atoms with van der Waals surface area (Å²) in [4.78, 5) is 40.3. The van der Waals surface area contributed by atoms with Crippen molar-refractivity contribution in [1.82, 2.24) is 34.4 Å². The number of piperidine rings is 1. The van der Waals surface area contributed by atoms with Crippen molar-refractivity contribution in [2.24, 2.45) is 0 Å². The Morgan fingerprint density at radius 2 is 1.66 bits per heavy atom. The number of likely N-dealkylation sites (tertiary alicyclic amines) is 1. The number of ether oxygens (including phenoxy) is 2. The maximum absolute atomic E-state index is 13.3. The van der Waals surface area contributed by atoms with Crippen LogP contribution >= 0.6 is 0 Å². The molecule has 0 unspecified atom stereocenters. The first kappa shape index (κ1) is 32.0. The maximum atomic E-state index is 13.3. The largest absolute Gasteiger partial charge is 0.457 e. The highest BCUT2D eigenvalue weighted by atomic mass is 16.6. The number of rotatable bonds is 7. The molecule has 6 rings (SSSR count). The molecule has 4 heterocycles. The Balaban J connectivity index is 1.10. The number of amides is 2. The Morgan fingerprint density at radius 3 is 2.38 bits per heavy atom. The van der Waals surface area contributed by atoms with Crippen LogP contribution in [-0.2, 0) is 9.53 Å². The molecule has 2 amide bonds. The summed E-state index contributed by atoms with van der Waals surface area (Å²) < 4.78 is 13.4. The van der Waals surface area contributed by atoms with E-state index in [1.165, 1.54) is 6.33 Å². The van der Waals surface area contributed by atoms with Gasteiger partial charge in [-0.05, 0) is 70.0 Å². The molecule has 2 fully saturated rings. The summed E-state index contributed by atoms with van der Waals surface area (Å²) in [6.07, 6.45) is 6.46. The van der Waals surface area contributed by atoms with E-state index in [-0.39, 0.29) is 18.0 Å². The molecule has 2 aliphatic heterocycles. The van der Waals surface area contributed by atoms with Crippen molar-refractivity contribution >= 4 is 28.9 Å². The Bertz CT molecular complexity index is 1720. The summed E-state index contributed by atoms with van der Waals surface area (Å²) in [5.74, 6) is 1.81. The van der Waals surface area contributed by atoms with Crippen LogP contribution in [0.25, 0.3) is 22.3 Å². The summed E-state index contributed by atoms with van der Waals surface area (Å²) in [5, 5.41) is 5.70. The van der Waals surface area contributed by atoms with Gasteiger partial charge < -0.3 is 25.0 Å². The summed E-state index contributed by atoms with van der Waals surface area (Å²) in [7, 11) is 0. The number of nitrogen functional groups attached to an aromatic ring is 1. The van der Waals surface area contributed by atoms with Crippen LogP contribution in [0, 0.1) is 0 Å². The van der Waals surface area contributed by atoms with Gasteiger partial charge in [0.25, 0.3) is 0 Å². The molecule has 12 nitrogen and oxygen atoms in total. The number of anilines is 1. The van der Waals surface area contributed by atoms with E-state index < -0.39 is 5.60 Å². The van der Waals surface area contributed by atoms with Crippen LogP contribution in [-0.4, -0.2) is 97.9 Å². The number of piperazine rings is 1. The number of benzene rings is 2. The molecule has 0 saturated carbocycles. The van der Waals surface area contributed by atoms with Crippen LogP contribution in [0.15, 0.2) is 73.1 Å². The van der Waals surface area contributed by atoms with Crippen LogP contribution in [0.2, 0.25) is 0 Å². The van der Waals surface area contributed by atoms with Gasteiger partial charge in [-0.3, -0.25) is 9.69 Å². The molecule has 2 aromatic carbocycles. The number of fused-ring (bicyclic) bond motifs is 1. The first-order valence-electron chi connectivity index (χ1n) is 16.1. The first-order chi connectivity index (χ1) is 22.6. The van der Waals surface area contributed by atoms with Crippen molar-refractivity contribution in [3.05, 3.63) is 73.1 Å². The molecule has 246 valence electrons. The third-order valence-corrected chi connectivity index (χ3v) is 8.33. The average Bonchev–Trinajstić information content (AvgIpc) is 3.46. The molecule has 4 aromatic rings. The highest BCUT2D eigenvalue weighted by Gasteiger charge is 2.29. The fourth-order valence-corrected chi connectivity index (χ4v) is 5.96. The molecule has 2 aliphatic rings. The molecule has 0 spiro atoms. The van der Waals surface area contributed by atoms with E-state index in [0.717, 1.165) is 37.2 Å². The monoisotopic (exact) mass is 638 g/mol. The van der Waals surface area contributed by atoms with Crippen LogP contribution in [0.3, 0.4) is 0 Å². The van der Waals surface area contributed by atoms with Crippen molar-refractivity contribution in [2.45, 2.75) is 45.3 Å². The van der Waals surface area contributed by atoms with Crippen LogP contribution < -0.4 is 10.5 Å². The van der Waals surface area contributed by atoms with Crippen molar-refractivity contribution in [1.29, 1.82) is 0 Å². The van der Waals surface area contributed by atoms with Gasteiger partial charge in [-0.2, -0.15) is 5.10 Å². The molecule has 2 aromatic heterocycles. The SMILES string of the molecule is CC(C)(C)OC(=O)N1CCN(C/C=C/C(=O)N2CCC[C@@H](n3nc(-c4ccc(Oc5ccccc5)cc4)c4c(N)ncnc43)C2)CC1. The van der Waals surface area contributed by atoms with Crippen molar-refractivity contribution < 1.29 is 19.1 Å². The van der Waals surface area contributed by atoms with Crippen LogP contribution in [0.1, 0.15) is 39.7 Å². The minimum Gasteiger partial charge on any atom is -0.457 e. The molecule has 2 N–H and O–H groups in total. The fraction of sp³-hybridized carbons (Fsp3) is 0.400. The van der Waals surface area contributed by atoms with E-state index in [9.17, 15) is 9.59 Å².